The first-order valence-corrected chi connectivity index (χ1v) is 10.1. The summed E-state index contributed by atoms with van der Waals surface area (Å²) in [7, 11) is -3.56. The van der Waals surface area contributed by atoms with Crippen molar-refractivity contribution in [2.24, 2.45) is 16.5 Å². The lowest BCUT2D eigenvalue weighted by Gasteiger charge is -2.35. The number of guanidine groups is 1. The van der Waals surface area contributed by atoms with Crippen molar-refractivity contribution in [3.63, 3.8) is 0 Å². The number of anilines is 1. The third-order valence-electron chi connectivity index (χ3n) is 3.82. The van der Waals surface area contributed by atoms with Crippen molar-refractivity contribution in [1.29, 1.82) is 0 Å². The van der Waals surface area contributed by atoms with Gasteiger partial charge in [0.1, 0.15) is 0 Å². The third kappa shape index (κ3) is 4.94. The second-order valence-corrected chi connectivity index (χ2v) is 8.52. The number of nitrogens with two attached hydrogens (primary N) is 2. The Kier molecular flexibility index (Phi) is 6.59. The number of carbonyl (C=O) groups is 1. The average Bonchev–Trinajstić information content (AvgIpc) is 2.43. The van der Waals surface area contributed by atoms with Gasteiger partial charge in [-0.05, 0) is 51.8 Å². The van der Waals surface area contributed by atoms with E-state index >= 15 is 0 Å². The summed E-state index contributed by atoms with van der Waals surface area (Å²) in [5, 5.41) is 0. The van der Waals surface area contributed by atoms with Gasteiger partial charge in [0, 0.05) is 23.9 Å². The minimum Gasteiger partial charge on any atom is -0.370 e. The maximum absolute atomic E-state index is 12.4. The van der Waals surface area contributed by atoms with E-state index in [-0.39, 0.29) is 28.5 Å². The van der Waals surface area contributed by atoms with Gasteiger partial charge in [-0.1, -0.05) is 6.92 Å². The van der Waals surface area contributed by atoms with E-state index in [1.165, 1.54) is 6.07 Å². The Morgan fingerprint density at radius 2 is 1.68 bits per heavy atom. The minimum atomic E-state index is -3.56. The number of hydrogen-bond acceptors (Lipinski definition) is 4. The standard InChI is InChI=1S/C17H28N4O3S/c1-7-12-8-14(21(10(2)3)11(4)5)15(25(6,23)24)9-13(12)16(22)20-17(18)19/h8-11H,7H2,1-6H3,(H4,18,19,20,22). The van der Waals surface area contributed by atoms with Crippen LogP contribution in [0, 0.1) is 0 Å². The molecule has 0 spiro atoms. The number of aryl methyl sites for hydroxylation is 1. The molecule has 0 heterocycles. The number of benzene rings is 1. The van der Waals surface area contributed by atoms with Crippen LogP contribution in [-0.4, -0.2) is 38.6 Å². The summed E-state index contributed by atoms with van der Waals surface area (Å²) in [6, 6.07) is 3.32. The first-order chi connectivity index (χ1) is 11.4. The van der Waals surface area contributed by atoms with Crippen LogP contribution in [0.5, 0.6) is 0 Å². The van der Waals surface area contributed by atoms with Gasteiger partial charge in [-0.3, -0.25) is 4.79 Å². The lowest BCUT2D eigenvalue weighted by Crippen LogP contribution is -2.38. The van der Waals surface area contributed by atoms with Crippen molar-refractivity contribution in [3.8, 4) is 0 Å². The summed E-state index contributed by atoms with van der Waals surface area (Å²) in [5.74, 6) is -1.00. The normalized spacial score (nSPS) is 11.7. The first-order valence-electron chi connectivity index (χ1n) is 8.19. The fraction of sp³-hybridized carbons (Fsp3) is 0.529. The number of hydrogen-bond donors (Lipinski definition) is 2. The Bertz CT molecular complexity index is 771. The van der Waals surface area contributed by atoms with Crippen LogP contribution in [0.2, 0.25) is 0 Å². The first kappa shape index (κ1) is 21.0. The topological polar surface area (TPSA) is 119 Å². The molecule has 0 bridgehead atoms. The van der Waals surface area contributed by atoms with E-state index in [0.29, 0.717) is 17.7 Å². The Balaban J connectivity index is 3.81. The molecule has 0 aliphatic carbocycles. The number of nitrogens with zero attached hydrogens (tertiary/aromatic N) is 2. The second kappa shape index (κ2) is 7.86. The molecule has 0 fully saturated rings. The SMILES string of the molecule is CCc1cc(N(C(C)C)C(C)C)c(S(C)(=O)=O)cc1C(=O)N=C(N)N. The van der Waals surface area contributed by atoms with Gasteiger partial charge in [0.15, 0.2) is 15.8 Å². The lowest BCUT2D eigenvalue weighted by molar-refractivity contribution is 0.100. The number of rotatable bonds is 6. The molecule has 140 valence electrons. The van der Waals surface area contributed by atoms with Gasteiger partial charge in [-0.2, -0.15) is 4.99 Å². The lowest BCUT2D eigenvalue weighted by atomic mass is 10.0. The van der Waals surface area contributed by atoms with Crippen molar-refractivity contribution in [1.82, 2.24) is 0 Å². The summed E-state index contributed by atoms with van der Waals surface area (Å²) in [5.41, 5.74) is 12.1. The quantitative estimate of drug-likeness (QED) is 0.582. The molecular formula is C17H28N4O3S. The molecule has 4 N–H and O–H groups in total. The molecule has 1 amide bonds. The Morgan fingerprint density at radius 1 is 1.16 bits per heavy atom. The molecule has 0 radical (unpaired) electrons. The van der Waals surface area contributed by atoms with Gasteiger partial charge in [-0.25, -0.2) is 8.42 Å². The van der Waals surface area contributed by atoms with Crippen molar-refractivity contribution >= 4 is 27.4 Å². The molecule has 0 aliphatic heterocycles. The van der Waals surface area contributed by atoms with E-state index in [4.69, 9.17) is 11.5 Å². The van der Waals surface area contributed by atoms with E-state index in [0.717, 1.165) is 6.26 Å². The number of amides is 1. The maximum atomic E-state index is 12.4. The molecule has 8 heteroatoms. The fourth-order valence-electron chi connectivity index (χ4n) is 2.93. The number of sulfone groups is 1. The maximum Gasteiger partial charge on any atom is 0.280 e. The molecule has 1 aromatic rings. The van der Waals surface area contributed by atoms with Gasteiger partial charge in [0.05, 0.1) is 10.6 Å². The number of carbonyl (C=O) groups excluding carboxylic acids is 1. The van der Waals surface area contributed by atoms with Crippen LogP contribution in [-0.2, 0) is 16.3 Å². The zero-order chi connectivity index (χ0) is 19.5. The Hall–Kier alpha value is -2.09. The summed E-state index contributed by atoms with van der Waals surface area (Å²) < 4.78 is 24.8. The zero-order valence-electron chi connectivity index (χ0n) is 15.7. The molecule has 0 atom stereocenters. The van der Waals surface area contributed by atoms with Crippen LogP contribution in [0.3, 0.4) is 0 Å². The molecule has 25 heavy (non-hydrogen) atoms. The van der Waals surface area contributed by atoms with Crippen LogP contribution in [0.25, 0.3) is 0 Å². The molecule has 1 aromatic carbocycles. The molecule has 0 aromatic heterocycles. The third-order valence-corrected chi connectivity index (χ3v) is 4.94. The molecular weight excluding hydrogens is 340 g/mol. The van der Waals surface area contributed by atoms with E-state index in [2.05, 4.69) is 4.99 Å². The van der Waals surface area contributed by atoms with Gasteiger partial charge >= 0.3 is 0 Å². The smallest absolute Gasteiger partial charge is 0.280 e. The van der Waals surface area contributed by atoms with E-state index in [9.17, 15) is 13.2 Å². The van der Waals surface area contributed by atoms with Crippen LogP contribution < -0.4 is 16.4 Å². The van der Waals surface area contributed by atoms with E-state index < -0.39 is 15.7 Å². The monoisotopic (exact) mass is 368 g/mol. The molecule has 0 saturated heterocycles. The number of aliphatic imine (C=N–C) groups is 1. The highest BCUT2D eigenvalue weighted by molar-refractivity contribution is 7.90. The van der Waals surface area contributed by atoms with Crippen LogP contribution in [0.1, 0.15) is 50.5 Å². The van der Waals surface area contributed by atoms with Crippen LogP contribution in [0.4, 0.5) is 5.69 Å². The highest BCUT2D eigenvalue weighted by atomic mass is 32.2. The van der Waals surface area contributed by atoms with Gasteiger partial charge in [0.25, 0.3) is 5.91 Å². The predicted molar refractivity (Wildman–Crippen MR) is 102 cm³/mol. The summed E-state index contributed by atoms with van der Waals surface area (Å²) in [6.45, 7) is 9.87. The predicted octanol–water partition coefficient (Wildman–Crippen LogP) is 1.69. The van der Waals surface area contributed by atoms with Gasteiger partial charge in [0.2, 0.25) is 0 Å². The Morgan fingerprint density at radius 3 is 2.04 bits per heavy atom. The van der Waals surface area contributed by atoms with Crippen molar-refractivity contribution < 1.29 is 13.2 Å². The zero-order valence-corrected chi connectivity index (χ0v) is 16.5. The van der Waals surface area contributed by atoms with Crippen molar-refractivity contribution in [2.75, 3.05) is 11.2 Å². The highest BCUT2D eigenvalue weighted by Gasteiger charge is 2.26. The summed E-state index contributed by atoms with van der Waals surface area (Å²) in [4.78, 5) is 18.0. The van der Waals surface area contributed by atoms with Crippen LogP contribution >= 0.6 is 0 Å². The van der Waals surface area contributed by atoms with Gasteiger partial charge < -0.3 is 16.4 Å². The molecule has 1 rings (SSSR count). The summed E-state index contributed by atoms with van der Waals surface area (Å²) in [6.07, 6.45) is 1.67. The molecule has 7 nitrogen and oxygen atoms in total. The van der Waals surface area contributed by atoms with Gasteiger partial charge in [-0.15, -0.1) is 0 Å². The van der Waals surface area contributed by atoms with Crippen molar-refractivity contribution in [2.45, 2.75) is 58.0 Å². The van der Waals surface area contributed by atoms with Crippen molar-refractivity contribution in [3.05, 3.63) is 23.3 Å². The molecule has 0 saturated carbocycles. The highest BCUT2D eigenvalue weighted by Crippen LogP contribution is 2.32. The fourth-order valence-corrected chi connectivity index (χ4v) is 3.81. The largest absolute Gasteiger partial charge is 0.370 e. The minimum absolute atomic E-state index is 0.0875. The summed E-state index contributed by atoms with van der Waals surface area (Å²) >= 11 is 0. The second-order valence-electron chi connectivity index (χ2n) is 6.54. The average molecular weight is 369 g/mol. The van der Waals surface area contributed by atoms with E-state index in [1.54, 1.807) is 6.07 Å². The Labute approximate surface area is 150 Å². The molecule has 0 aliphatic rings. The molecule has 0 unspecified atom stereocenters. The van der Waals surface area contributed by atoms with E-state index in [1.807, 2.05) is 39.5 Å². The van der Waals surface area contributed by atoms with Crippen LogP contribution in [0.15, 0.2) is 22.0 Å².